The Hall–Kier alpha value is -2.00. The molecule has 1 heterocycles. The minimum absolute atomic E-state index is 0.741. The fourth-order valence-corrected chi connectivity index (χ4v) is 3.53. The van der Waals surface area contributed by atoms with Gasteiger partial charge in [-0.2, -0.15) is 0 Å². The molecule has 0 bridgehead atoms. The van der Waals surface area contributed by atoms with Crippen molar-refractivity contribution in [3.63, 3.8) is 0 Å². The number of fused-ring (bicyclic) bond motifs is 1. The normalized spacial score (nSPS) is 10.9. The van der Waals surface area contributed by atoms with Gasteiger partial charge in [0.25, 0.3) is 0 Å². The third-order valence-electron chi connectivity index (χ3n) is 4.04. The molecule has 3 rings (SSSR count). The van der Waals surface area contributed by atoms with Crippen molar-refractivity contribution in [3.05, 3.63) is 65.7 Å². The van der Waals surface area contributed by atoms with Gasteiger partial charge in [0.2, 0.25) is 0 Å². The third kappa shape index (κ3) is 4.30. The standard InChI is InChI=1S/C21H23NOS/c1-3-17-9-11-18(12-10-17)23-13-6-14-24-21-15-16(2)19-7-4-5-8-20(19)22-21/h4-5,7-12,15H,3,6,13-14H2,1-2H3. The predicted octanol–water partition coefficient (Wildman–Crippen LogP) is 5.67. The molecule has 1 aromatic heterocycles. The molecule has 2 nitrogen and oxygen atoms in total. The van der Waals surface area contributed by atoms with Crippen molar-refractivity contribution in [2.24, 2.45) is 0 Å². The van der Waals surface area contributed by atoms with Gasteiger partial charge in [0.1, 0.15) is 5.75 Å². The summed E-state index contributed by atoms with van der Waals surface area (Å²) in [6, 6.07) is 18.9. The lowest BCUT2D eigenvalue weighted by molar-refractivity contribution is 0.318. The summed E-state index contributed by atoms with van der Waals surface area (Å²) in [5, 5.41) is 2.33. The van der Waals surface area contributed by atoms with Crippen molar-refractivity contribution in [2.75, 3.05) is 12.4 Å². The van der Waals surface area contributed by atoms with Crippen LogP contribution in [0.25, 0.3) is 10.9 Å². The number of benzene rings is 2. The van der Waals surface area contributed by atoms with E-state index in [9.17, 15) is 0 Å². The molecule has 0 aliphatic carbocycles. The summed E-state index contributed by atoms with van der Waals surface area (Å²) in [6.07, 6.45) is 2.07. The Kier molecular flexibility index (Phi) is 5.76. The van der Waals surface area contributed by atoms with E-state index in [0.717, 1.165) is 41.5 Å². The maximum atomic E-state index is 5.80. The van der Waals surface area contributed by atoms with Crippen LogP contribution in [-0.4, -0.2) is 17.3 Å². The lowest BCUT2D eigenvalue weighted by atomic mass is 10.1. The quantitative estimate of drug-likeness (QED) is 0.410. The third-order valence-corrected chi connectivity index (χ3v) is 5.04. The number of para-hydroxylation sites is 1. The van der Waals surface area contributed by atoms with Gasteiger partial charge in [0.15, 0.2) is 0 Å². The maximum Gasteiger partial charge on any atom is 0.119 e. The molecule has 3 aromatic rings. The van der Waals surface area contributed by atoms with Crippen molar-refractivity contribution in [1.82, 2.24) is 4.98 Å². The predicted molar refractivity (Wildman–Crippen MR) is 103 cm³/mol. The summed E-state index contributed by atoms with van der Waals surface area (Å²) >= 11 is 1.80. The lowest BCUT2D eigenvalue weighted by Gasteiger charge is -2.08. The van der Waals surface area contributed by atoms with E-state index in [1.807, 2.05) is 6.07 Å². The zero-order valence-corrected chi connectivity index (χ0v) is 15.1. The second-order valence-corrected chi connectivity index (χ2v) is 6.96. The number of nitrogens with zero attached hydrogens (tertiary/aromatic N) is 1. The Labute approximate surface area is 148 Å². The first kappa shape index (κ1) is 16.8. The molecule has 0 unspecified atom stereocenters. The van der Waals surface area contributed by atoms with Crippen molar-refractivity contribution >= 4 is 22.7 Å². The summed E-state index contributed by atoms with van der Waals surface area (Å²) in [5.74, 6) is 1.97. The van der Waals surface area contributed by atoms with Crippen LogP contribution in [0.15, 0.2) is 59.6 Å². The molecule has 0 radical (unpaired) electrons. The fraction of sp³-hybridized carbons (Fsp3) is 0.286. The summed E-state index contributed by atoms with van der Waals surface area (Å²) < 4.78 is 5.80. The molecule has 124 valence electrons. The molecule has 0 fully saturated rings. The molecule has 0 amide bonds. The summed E-state index contributed by atoms with van der Waals surface area (Å²) in [7, 11) is 0. The first-order valence-electron chi connectivity index (χ1n) is 8.47. The number of rotatable bonds is 7. The molecular weight excluding hydrogens is 314 g/mol. The highest BCUT2D eigenvalue weighted by molar-refractivity contribution is 7.99. The highest BCUT2D eigenvalue weighted by Gasteiger charge is 2.03. The first-order chi connectivity index (χ1) is 11.8. The Balaban J connectivity index is 1.48. The van der Waals surface area contributed by atoms with Crippen LogP contribution in [0.3, 0.4) is 0 Å². The SMILES string of the molecule is CCc1ccc(OCCCSc2cc(C)c3ccccc3n2)cc1. The second-order valence-electron chi connectivity index (χ2n) is 5.84. The number of ether oxygens (including phenoxy) is 1. The molecule has 0 aliphatic rings. The first-order valence-corrected chi connectivity index (χ1v) is 9.46. The van der Waals surface area contributed by atoms with Crippen LogP contribution in [-0.2, 0) is 6.42 Å². The summed E-state index contributed by atoms with van der Waals surface area (Å²) in [4.78, 5) is 4.73. The molecule has 3 heteroatoms. The minimum Gasteiger partial charge on any atom is -0.494 e. The van der Waals surface area contributed by atoms with Gasteiger partial charge in [0.05, 0.1) is 17.1 Å². The molecule has 0 saturated carbocycles. The number of thioether (sulfide) groups is 1. The molecule has 0 atom stereocenters. The van der Waals surface area contributed by atoms with Gasteiger partial charge in [-0.1, -0.05) is 37.3 Å². The second kappa shape index (κ2) is 8.20. The van der Waals surface area contributed by atoms with E-state index in [2.05, 4.69) is 62.4 Å². The number of hydrogen-bond acceptors (Lipinski definition) is 3. The van der Waals surface area contributed by atoms with E-state index in [0.29, 0.717) is 0 Å². The molecule has 2 aromatic carbocycles. The van der Waals surface area contributed by atoms with E-state index >= 15 is 0 Å². The Bertz CT molecular complexity index is 799. The van der Waals surface area contributed by atoms with Gasteiger partial charge in [0, 0.05) is 11.1 Å². The summed E-state index contributed by atoms with van der Waals surface area (Å²) in [6.45, 7) is 5.05. The van der Waals surface area contributed by atoms with Gasteiger partial charge in [-0.15, -0.1) is 11.8 Å². The Morgan fingerprint density at radius 2 is 1.83 bits per heavy atom. The van der Waals surface area contributed by atoms with Crippen molar-refractivity contribution in [3.8, 4) is 5.75 Å². The average Bonchev–Trinajstić information content (AvgIpc) is 2.62. The van der Waals surface area contributed by atoms with Gasteiger partial charge in [-0.3, -0.25) is 0 Å². The van der Waals surface area contributed by atoms with E-state index in [-0.39, 0.29) is 0 Å². The molecule has 0 spiro atoms. The minimum atomic E-state index is 0.741. The van der Waals surface area contributed by atoms with Crippen molar-refractivity contribution in [2.45, 2.75) is 31.7 Å². The largest absolute Gasteiger partial charge is 0.494 e. The van der Waals surface area contributed by atoms with Crippen LogP contribution in [0, 0.1) is 6.92 Å². The summed E-state index contributed by atoms with van der Waals surface area (Å²) in [5.41, 5.74) is 3.71. The van der Waals surface area contributed by atoms with Gasteiger partial charge in [-0.05, 0) is 55.2 Å². The highest BCUT2D eigenvalue weighted by Crippen LogP contribution is 2.24. The monoisotopic (exact) mass is 337 g/mol. The Morgan fingerprint density at radius 3 is 2.62 bits per heavy atom. The number of aromatic nitrogens is 1. The maximum absolute atomic E-state index is 5.80. The number of hydrogen-bond donors (Lipinski definition) is 0. The topological polar surface area (TPSA) is 22.1 Å². The Morgan fingerprint density at radius 1 is 1.04 bits per heavy atom. The zero-order valence-electron chi connectivity index (χ0n) is 14.3. The van der Waals surface area contributed by atoms with Gasteiger partial charge >= 0.3 is 0 Å². The highest BCUT2D eigenvalue weighted by atomic mass is 32.2. The van der Waals surface area contributed by atoms with E-state index in [4.69, 9.17) is 9.72 Å². The lowest BCUT2D eigenvalue weighted by Crippen LogP contribution is -1.99. The van der Waals surface area contributed by atoms with Crippen LogP contribution in [0.5, 0.6) is 5.75 Å². The van der Waals surface area contributed by atoms with Crippen LogP contribution < -0.4 is 4.74 Å². The molecule has 24 heavy (non-hydrogen) atoms. The van der Waals surface area contributed by atoms with E-state index in [1.165, 1.54) is 16.5 Å². The molecule has 0 aliphatic heterocycles. The van der Waals surface area contributed by atoms with E-state index < -0.39 is 0 Å². The smallest absolute Gasteiger partial charge is 0.119 e. The van der Waals surface area contributed by atoms with E-state index in [1.54, 1.807) is 11.8 Å². The van der Waals surface area contributed by atoms with Crippen molar-refractivity contribution in [1.29, 1.82) is 0 Å². The number of aryl methyl sites for hydroxylation is 2. The van der Waals surface area contributed by atoms with Crippen LogP contribution >= 0.6 is 11.8 Å². The van der Waals surface area contributed by atoms with Crippen LogP contribution in [0.2, 0.25) is 0 Å². The van der Waals surface area contributed by atoms with Gasteiger partial charge < -0.3 is 4.74 Å². The molecule has 0 N–H and O–H groups in total. The van der Waals surface area contributed by atoms with Crippen LogP contribution in [0.4, 0.5) is 0 Å². The van der Waals surface area contributed by atoms with Gasteiger partial charge in [-0.25, -0.2) is 4.98 Å². The molecular formula is C21H23NOS. The molecule has 0 saturated heterocycles. The van der Waals surface area contributed by atoms with Crippen LogP contribution in [0.1, 0.15) is 24.5 Å². The van der Waals surface area contributed by atoms with Crippen molar-refractivity contribution < 1.29 is 4.74 Å². The zero-order chi connectivity index (χ0) is 16.8. The fourth-order valence-electron chi connectivity index (χ4n) is 2.64. The average molecular weight is 337 g/mol. The number of pyridine rings is 1.